The van der Waals surface area contributed by atoms with Crippen LogP contribution in [0, 0.1) is 5.92 Å². The maximum Gasteiger partial charge on any atom is 0.0378 e. The normalized spacial score (nSPS) is 18.8. The molecule has 0 heterocycles. The molecule has 0 aliphatic carbocycles. The number of halogens is 2. The first-order valence-corrected chi connectivity index (χ1v) is 5.47. The number of nitrogens with two attached hydrogens (primary N) is 1. The van der Waals surface area contributed by atoms with Gasteiger partial charge in [-0.3, -0.25) is 0 Å². The lowest BCUT2D eigenvalue weighted by Gasteiger charge is -2.20. The van der Waals surface area contributed by atoms with Crippen molar-refractivity contribution in [2.24, 2.45) is 11.7 Å². The smallest absolute Gasteiger partial charge is 0.0378 e. The Bertz CT molecular complexity index is 107. The van der Waals surface area contributed by atoms with Crippen LogP contribution in [0.15, 0.2) is 0 Å². The van der Waals surface area contributed by atoms with E-state index in [-0.39, 0.29) is 10.8 Å². The van der Waals surface area contributed by atoms with Crippen molar-refractivity contribution < 1.29 is 0 Å². The van der Waals surface area contributed by atoms with Crippen molar-refractivity contribution in [2.45, 2.75) is 43.9 Å². The number of hydrogen-bond donors (Lipinski definition) is 1. The lowest BCUT2D eigenvalue weighted by molar-refractivity contribution is 0.436. The van der Waals surface area contributed by atoms with E-state index < -0.39 is 0 Å². The van der Waals surface area contributed by atoms with Crippen molar-refractivity contribution in [3.05, 3.63) is 0 Å². The fraction of sp³-hybridized carbons (Fsp3) is 1.00. The molecular weight excluding hydrogens is 193 g/mol. The van der Waals surface area contributed by atoms with E-state index in [4.69, 9.17) is 28.9 Å². The van der Waals surface area contributed by atoms with E-state index in [1.165, 1.54) is 0 Å². The van der Waals surface area contributed by atoms with Gasteiger partial charge in [0.15, 0.2) is 0 Å². The second-order valence-corrected chi connectivity index (χ2v) is 4.58. The van der Waals surface area contributed by atoms with E-state index in [1.807, 2.05) is 6.92 Å². The highest BCUT2D eigenvalue weighted by atomic mass is 35.5. The highest BCUT2D eigenvalue weighted by molar-refractivity contribution is 6.23. The summed E-state index contributed by atoms with van der Waals surface area (Å²) in [7, 11) is 0. The second-order valence-electron chi connectivity index (χ2n) is 3.28. The Kier molecular flexibility index (Phi) is 7.31. The van der Waals surface area contributed by atoms with Gasteiger partial charge < -0.3 is 5.73 Å². The summed E-state index contributed by atoms with van der Waals surface area (Å²) in [4.78, 5) is 0. The largest absolute Gasteiger partial charge is 0.330 e. The molecule has 0 rings (SSSR count). The van der Waals surface area contributed by atoms with Crippen LogP contribution in [-0.4, -0.2) is 17.3 Å². The third-order valence-electron chi connectivity index (χ3n) is 2.12. The average molecular weight is 212 g/mol. The van der Waals surface area contributed by atoms with Gasteiger partial charge in [-0.1, -0.05) is 13.3 Å². The molecule has 0 fully saturated rings. The quantitative estimate of drug-likeness (QED) is 0.673. The lowest BCUT2D eigenvalue weighted by Crippen LogP contribution is -2.20. The van der Waals surface area contributed by atoms with E-state index in [1.54, 1.807) is 0 Å². The van der Waals surface area contributed by atoms with Crippen molar-refractivity contribution in [2.75, 3.05) is 6.54 Å². The second kappa shape index (κ2) is 6.99. The maximum absolute atomic E-state index is 6.18. The Balaban J connectivity index is 3.76. The van der Waals surface area contributed by atoms with E-state index >= 15 is 0 Å². The molecule has 0 aromatic heterocycles. The number of hydrogen-bond acceptors (Lipinski definition) is 1. The van der Waals surface area contributed by atoms with Crippen LogP contribution in [0.25, 0.3) is 0 Å². The zero-order valence-electron chi connectivity index (χ0n) is 7.89. The van der Waals surface area contributed by atoms with E-state index in [0.717, 1.165) is 25.8 Å². The van der Waals surface area contributed by atoms with Crippen molar-refractivity contribution in [3.63, 3.8) is 0 Å². The Labute approximate surface area is 85.6 Å². The fourth-order valence-electron chi connectivity index (χ4n) is 1.36. The molecule has 12 heavy (non-hydrogen) atoms. The first-order valence-electron chi connectivity index (χ1n) is 4.60. The Hall–Kier alpha value is 0.540. The molecule has 0 bridgehead atoms. The summed E-state index contributed by atoms with van der Waals surface area (Å²) < 4.78 is 0. The van der Waals surface area contributed by atoms with Gasteiger partial charge in [-0.05, 0) is 32.2 Å². The molecule has 0 amide bonds. The molecule has 0 aliphatic rings. The summed E-state index contributed by atoms with van der Waals surface area (Å²) in [5.74, 6) is 0.526. The first-order chi connectivity index (χ1) is 5.61. The molecule has 3 atom stereocenters. The molecule has 3 heteroatoms. The topological polar surface area (TPSA) is 26.0 Å². The van der Waals surface area contributed by atoms with E-state index in [9.17, 15) is 0 Å². The molecule has 0 saturated heterocycles. The molecular formula is C9H19Cl2N. The van der Waals surface area contributed by atoms with E-state index in [0.29, 0.717) is 5.92 Å². The molecule has 0 aliphatic heterocycles. The van der Waals surface area contributed by atoms with Crippen LogP contribution in [0.3, 0.4) is 0 Å². The predicted molar refractivity (Wildman–Crippen MR) is 57.0 cm³/mol. The standard InChI is InChI=1S/C9H19Cl2N/c1-3-8(4-5-12)9(11)6-7(2)10/h7-9H,3-6,12H2,1-2H3/t7-,8?,9?/m0/s1. The average Bonchev–Trinajstić information content (AvgIpc) is 1.98. The van der Waals surface area contributed by atoms with Crippen molar-refractivity contribution in [1.29, 1.82) is 0 Å². The Morgan fingerprint density at radius 2 is 1.92 bits per heavy atom. The monoisotopic (exact) mass is 211 g/mol. The van der Waals surface area contributed by atoms with Crippen molar-refractivity contribution >= 4 is 23.2 Å². The molecule has 0 radical (unpaired) electrons. The zero-order chi connectivity index (χ0) is 9.56. The summed E-state index contributed by atoms with van der Waals surface area (Å²) >= 11 is 12.0. The number of alkyl halides is 2. The van der Waals surface area contributed by atoms with Gasteiger partial charge in [-0.2, -0.15) is 0 Å². The van der Waals surface area contributed by atoms with E-state index in [2.05, 4.69) is 6.92 Å². The molecule has 1 nitrogen and oxygen atoms in total. The molecule has 2 N–H and O–H groups in total. The van der Waals surface area contributed by atoms with Crippen LogP contribution >= 0.6 is 23.2 Å². The molecule has 74 valence electrons. The molecule has 2 unspecified atom stereocenters. The summed E-state index contributed by atoms with van der Waals surface area (Å²) in [6.07, 6.45) is 2.98. The summed E-state index contributed by atoms with van der Waals surface area (Å²) in [6, 6.07) is 0. The van der Waals surface area contributed by atoms with Gasteiger partial charge in [0.2, 0.25) is 0 Å². The van der Waals surface area contributed by atoms with Crippen LogP contribution in [0.1, 0.15) is 33.1 Å². The minimum Gasteiger partial charge on any atom is -0.330 e. The first kappa shape index (κ1) is 12.5. The highest BCUT2D eigenvalue weighted by Crippen LogP contribution is 2.23. The summed E-state index contributed by atoms with van der Waals surface area (Å²) in [5.41, 5.74) is 5.48. The molecule has 0 spiro atoms. The third kappa shape index (κ3) is 5.23. The zero-order valence-corrected chi connectivity index (χ0v) is 9.41. The summed E-state index contributed by atoms with van der Waals surface area (Å²) in [5, 5.41) is 0.352. The summed E-state index contributed by atoms with van der Waals surface area (Å²) in [6.45, 7) is 4.85. The van der Waals surface area contributed by atoms with Crippen LogP contribution in [0.2, 0.25) is 0 Å². The molecule has 0 saturated carbocycles. The fourth-order valence-corrected chi connectivity index (χ4v) is 2.21. The minimum atomic E-state index is 0.166. The SMILES string of the molecule is CCC(CCN)C(Cl)C[C@H](C)Cl. The van der Waals surface area contributed by atoms with Crippen LogP contribution in [0.5, 0.6) is 0 Å². The highest BCUT2D eigenvalue weighted by Gasteiger charge is 2.18. The van der Waals surface area contributed by atoms with Crippen LogP contribution in [0.4, 0.5) is 0 Å². The Morgan fingerprint density at radius 1 is 1.33 bits per heavy atom. The van der Waals surface area contributed by atoms with Crippen molar-refractivity contribution in [3.8, 4) is 0 Å². The van der Waals surface area contributed by atoms with Crippen LogP contribution < -0.4 is 5.73 Å². The van der Waals surface area contributed by atoms with Gasteiger partial charge in [0.05, 0.1) is 0 Å². The van der Waals surface area contributed by atoms with Crippen LogP contribution in [-0.2, 0) is 0 Å². The Morgan fingerprint density at radius 3 is 2.25 bits per heavy atom. The van der Waals surface area contributed by atoms with Gasteiger partial charge in [-0.15, -0.1) is 23.2 Å². The van der Waals surface area contributed by atoms with Gasteiger partial charge in [0.1, 0.15) is 0 Å². The maximum atomic E-state index is 6.18. The van der Waals surface area contributed by atoms with Gasteiger partial charge in [0.25, 0.3) is 0 Å². The van der Waals surface area contributed by atoms with Gasteiger partial charge in [-0.25, -0.2) is 0 Å². The predicted octanol–water partition coefficient (Wildman–Crippen LogP) is 2.99. The van der Waals surface area contributed by atoms with Gasteiger partial charge >= 0.3 is 0 Å². The van der Waals surface area contributed by atoms with Gasteiger partial charge in [0, 0.05) is 10.8 Å². The molecule has 0 aromatic carbocycles. The number of rotatable bonds is 6. The minimum absolute atomic E-state index is 0.166. The van der Waals surface area contributed by atoms with Crippen molar-refractivity contribution in [1.82, 2.24) is 0 Å². The lowest BCUT2D eigenvalue weighted by atomic mass is 9.95. The molecule has 0 aromatic rings. The third-order valence-corrected chi connectivity index (χ3v) is 2.84.